The number of nitrogens with zero attached hydrogens (tertiary/aromatic N) is 4. The smallest absolute Gasteiger partial charge is 0.380 e. The van der Waals surface area contributed by atoms with Crippen molar-refractivity contribution in [1.29, 1.82) is 0 Å². The van der Waals surface area contributed by atoms with Crippen LogP contribution in [0.4, 0.5) is 4.39 Å². The lowest BCUT2D eigenvalue weighted by Gasteiger charge is -2.38. The molecule has 2 aliphatic rings. The van der Waals surface area contributed by atoms with Crippen LogP contribution in [0.5, 0.6) is 11.5 Å². The van der Waals surface area contributed by atoms with Gasteiger partial charge in [-0.1, -0.05) is 11.2 Å². The Morgan fingerprint density at radius 1 is 1.22 bits per heavy atom. The molecule has 1 unspecified atom stereocenters. The van der Waals surface area contributed by atoms with Crippen molar-refractivity contribution >= 4 is 17.4 Å². The maximum atomic E-state index is 13.7. The van der Waals surface area contributed by atoms with E-state index in [1.54, 1.807) is 18.3 Å². The number of ether oxygens (including phenoxy) is 2. The van der Waals surface area contributed by atoms with Crippen LogP contribution in [0.25, 0.3) is 11.3 Å². The first-order valence-corrected chi connectivity index (χ1v) is 11.8. The summed E-state index contributed by atoms with van der Waals surface area (Å²) >= 11 is 0. The Morgan fingerprint density at radius 3 is 2.70 bits per heavy atom. The number of allylic oxidation sites excluding steroid dienone is 1. The van der Waals surface area contributed by atoms with Gasteiger partial charge in [0, 0.05) is 24.4 Å². The first-order valence-electron chi connectivity index (χ1n) is 11.8. The standard InChI is InChI=1S/C27H27FN4O5/c1-16-14-31(15-29-16)22-10-7-18(12-24(22)35-3)17(2)20-6-5-11-32-25(20)30-37-27(32,26(34)36-4)21-9-8-19(28)13-23(21)33/h7-10,12-15,33H,5-6,11H2,1-4H3/b20-17+. The van der Waals surface area contributed by atoms with Crippen molar-refractivity contribution in [3.8, 4) is 17.2 Å². The van der Waals surface area contributed by atoms with E-state index in [0.29, 0.717) is 31.0 Å². The Morgan fingerprint density at radius 2 is 2.03 bits per heavy atom. The molecule has 0 saturated carbocycles. The highest BCUT2D eigenvalue weighted by Gasteiger charge is 2.58. The van der Waals surface area contributed by atoms with Crippen LogP contribution in [0.3, 0.4) is 0 Å². The fourth-order valence-corrected chi connectivity index (χ4v) is 4.95. The summed E-state index contributed by atoms with van der Waals surface area (Å²) in [6.45, 7) is 4.32. The Balaban J connectivity index is 1.57. The Labute approximate surface area is 213 Å². The molecule has 3 aromatic rings. The molecule has 1 atom stereocenters. The van der Waals surface area contributed by atoms with Gasteiger partial charge in [0.1, 0.15) is 17.3 Å². The number of benzene rings is 2. The molecule has 37 heavy (non-hydrogen) atoms. The number of carbonyl (C=O) groups excluding carboxylic acids is 1. The molecule has 1 N–H and O–H groups in total. The van der Waals surface area contributed by atoms with E-state index in [4.69, 9.17) is 14.3 Å². The maximum absolute atomic E-state index is 13.7. The van der Waals surface area contributed by atoms with E-state index in [0.717, 1.165) is 40.2 Å². The number of imidazole rings is 1. The molecular weight excluding hydrogens is 479 g/mol. The van der Waals surface area contributed by atoms with Crippen LogP contribution in [0.1, 0.15) is 36.6 Å². The minimum absolute atomic E-state index is 0.0556. The molecule has 0 radical (unpaired) electrons. The number of halogens is 1. The monoisotopic (exact) mass is 506 g/mol. The number of aryl methyl sites for hydroxylation is 1. The zero-order valence-electron chi connectivity index (χ0n) is 21.0. The van der Waals surface area contributed by atoms with Crippen LogP contribution >= 0.6 is 0 Å². The topological polar surface area (TPSA) is 98.4 Å². The lowest BCUT2D eigenvalue weighted by Crippen LogP contribution is -2.54. The van der Waals surface area contributed by atoms with Crippen molar-refractivity contribution in [2.75, 3.05) is 20.8 Å². The molecular formula is C27H27FN4O5. The van der Waals surface area contributed by atoms with Gasteiger partial charge in [-0.2, -0.15) is 0 Å². The molecule has 2 aliphatic heterocycles. The number of amidine groups is 1. The summed E-state index contributed by atoms with van der Waals surface area (Å²) in [4.78, 5) is 24.9. The summed E-state index contributed by atoms with van der Waals surface area (Å²) in [7, 11) is 2.85. The summed E-state index contributed by atoms with van der Waals surface area (Å²) in [6, 6.07) is 9.30. The second-order valence-electron chi connectivity index (χ2n) is 8.97. The number of carbonyl (C=O) groups is 1. The molecule has 10 heteroatoms. The number of hydrogen-bond acceptors (Lipinski definition) is 8. The van der Waals surface area contributed by atoms with E-state index in [1.807, 2.05) is 42.8 Å². The van der Waals surface area contributed by atoms with Gasteiger partial charge >= 0.3 is 11.7 Å². The summed E-state index contributed by atoms with van der Waals surface area (Å²) in [5.74, 6) is -0.699. The number of rotatable bonds is 5. The van der Waals surface area contributed by atoms with Crippen molar-refractivity contribution < 1.29 is 28.6 Å². The van der Waals surface area contributed by atoms with E-state index in [-0.39, 0.29) is 5.56 Å². The van der Waals surface area contributed by atoms with Gasteiger partial charge in [0.05, 0.1) is 37.5 Å². The highest BCUT2D eigenvalue weighted by Crippen LogP contribution is 2.45. The average molecular weight is 507 g/mol. The van der Waals surface area contributed by atoms with Gasteiger partial charge in [0.25, 0.3) is 0 Å². The van der Waals surface area contributed by atoms with Crippen molar-refractivity contribution in [2.45, 2.75) is 32.4 Å². The van der Waals surface area contributed by atoms with Crippen molar-refractivity contribution in [3.63, 3.8) is 0 Å². The summed E-state index contributed by atoms with van der Waals surface area (Å²) in [5, 5.41) is 14.8. The van der Waals surface area contributed by atoms with Crippen molar-refractivity contribution in [1.82, 2.24) is 14.5 Å². The number of piperidine rings is 1. The van der Waals surface area contributed by atoms with Gasteiger partial charge < -0.3 is 28.9 Å². The molecule has 0 aliphatic carbocycles. The number of fused-ring (bicyclic) bond motifs is 1. The highest BCUT2D eigenvalue weighted by molar-refractivity contribution is 6.08. The molecule has 5 rings (SSSR count). The third-order valence-corrected chi connectivity index (χ3v) is 6.82. The Hall–Kier alpha value is -4.34. The number of aromatic nitrogens is 2. The van der Waals surface area contributed by atoms with Crippen LogP contribution in [-0.2, 0) is 20.1 Å². The Bertz CT molecular complexity index is 1450. The average Bonchev–Trinajstić information content (AvgIpc) is 3.51. The third kappa shape index (κ3) is 3.89. The summed E-state index contributed by atoms with van der Waals surface area (Å²) < 4.78 is 26.4. The number of phenols is 1. The lowest BCUT2D eigenvalue weighted by atomic mass is 9.90. The van der Waals surface area contributed by atoms with Gasteiger partial charge in [0.2, 0.25) is 0 Å². The van der Waals surface area contributed by atoms with Crippen LogP contribution in [0.15, 0.2) is 59.7 Å². The molecule has 1 fully saturated rings. The lowest BCUT2D eigenvalue weighted by molar-refractivity contribution is -0.187. The second-order valence-corrected chi connectivity index (χ2v) is 8.97. The first kappa shape index (κ1) is 24.4. The molecule has 1 aromatic heterocycles. The van der Waals surface area contributed by atoms with E-state index in [2.05, 4.69) is 10.1 Å². The van der Waals surface area contributed by atoms with E-state index in [9.17, 15) is 14.3 Å². The predicted molar refractivity (Wildman–Crippen MR) is 134 cm³/mol. The molecule has 0 bridgehead atoms. The largest absolute Gasteiger partial charge is 0.507 e. The number of methoxy groups -OCH3 is 2. The first-order chi connectivity index (χ1) is 17.8. The molecule has 2 aromatic carbocycles. The zero-order chi connectivity index (χ0) is 26.3. The SMILES string of the molecule is COC(=O)C1(c2ccc(F)cc2O)ON=C2/C(=C(\C)c3ccc(-n4cnc(C)c4)c(OC)c3)CCCN21. The van der Waals surface area contributed by atoms with Gasteiger partial charge in [-0.25, -0.2) is 14.2 Å². The normalized spacial score (nSPS) is 20.1. The van der Waals surface area contributed by atoms with Gasteiger partial charge in [0.15, 0.2) is 5.84 Å². The quantitative estimate of drug-likeness (QED) is 0.516. The number of hydrogen-bond donors (Lipinski definition) is 1. The van der Waals surface area contributed by atoms with Crippen LogP contribution in [-0.4, -0.2) is 52.1 Å². The van der Waals surface area contributed by atoms with Gasteiger partial charge in [-0.3, -0.25) is 0 Å². The summed E-state index contributed by atoms with van der Waals surface area (Å²) in [5.41, 5.74) is 2.67. The van der Waals surface area contributed by atoms with Gasteiger partial charge in [-0.05, 0) is 62.1 Å². The fraction of sp³-hybridized carbons (Fsp3) is 0.296. The maximum Gasteiger partial charge on any atom is 0.380 e. The van der Waals surface area contributed by atoms with Crippen LogP contribution in [0, 0.1) is 12.7 Å². The zero-order valence-corrected chi connectivity index (χ0v) is 21.0. The van der Waals surface area contributed by atoms with Crippen molar-refractivity contribution in [3.05, 3.63) is 77.1 Å². The number of esters is 1. The van der Waals surface area contributed by atoms with Crippen molar-refractivity contribution in [2.24, 2.45) is 5.16 Å². The molecule has 1 saturated heterocycles. The highest BCUT2D eigenvalue weighted by atomic mass is 19.1. The number of phenolic OH excluding ortho intramolecular Hbond substituents is 1. The molecule has 192 valence electrons. The third-order valence-electron chi connectivity index (χ3n) is 6.82. The molecule has 0 amide bonds. The van der Waals surface area contributed by atoms with Crippen LogP contribution in [0.2, 0.25) is 0 Å². The number of oxime groups is 1. The minimum Gasteiger partial charge on any atom is -0.507 e. The predicted octanol–water partition coefficient (Wildman–Crippen LogP) is 4.27. The molecule has 9 nitrogen and oxygen atoms in total. The Kier molecular flexibility index (Phi) is 6.10. The van der Waals surface area contributed by atoms with Crippen LogP contribution < -0.4 is 4.74 Å². The van der Waals surface area contributed by atoms with E-state index < -0.39 is 23.3 Å². The number of aromatic hydroxyl groups is 1. The molecule has 3 heterocycles. The van der Waals surface area contributed by atoms with E-state index in [1.165, 1.54) is 13.2 Å². The fourth-order valence-electron chi connectivity index (χ4n) is 4.95. The van der Waals surface area contributed by atoms with Gasteiger partial charge in [-0.15, -0.1) is 0 Å². The summed E-state index contributed by atoms with van der Waals surface area (Å²) in [6.07, 6.45) is 5.05. The molecule has 0 spiro atoms. The van der Waals surface area contributed by atoms with E-state index >= 15 is 0 Å². The minimum atomic E-state index is -1.87. The second kappa shape index (κ2) is 9.27.